The van der Waals surface area contributed by atoms with Gasteiger partial charge < -0.3 is 59.2 Å². The van der Waals surface area contributed by atoms with Gasteiger partial charge in [-0.2, -0.15) is 0 Å². The number of methoxy groups -OCH3 is 1. The van der Waals surface area contributed by atoms with Gasteiger partial charge in [-0.05, 0) is 44.1 Å². The van der Waals surface area contributed by atoms with Crippen LogP contribution in [-0.4, -0.2) is 134 Å². The minimum Gasteiger partial charge on any atom is -0.493 e. The van der Waals surface area contributed by atoms with E-state index in [4.69, 9.17) is 29.2 Å². The lowest BCUT2D eigenvalue weighted by Gasteiger charge is -2.61. The number of aliphatic carboxylic acids is 3. The Morgan fingerprint density at radius 3 is 2.29 bits per heavy atom. The van der Waals surface area contributed by atoms with Crippen LogP contribution in [0.15, 0.2) is 24.0 Å². The number of rotatable bonds is 13. The summed E-state index contributed by atoms with van der Waals surface area (Å²) in [5.74, 6) is -9.85. The third-order valence-corrected chi connectivity index (χ3v) is 9.35. The molecule has 18 heteroatoms. The molecule has 48 heavy (non-hydrogen) atoms. The highest BCUT2D eigenvalue weighted by Crippen LogP contribution is 2.65. The summed E-state index contributed by atoms with van der Waals surface area (Å²) >= 11 is 0. The first-order valence-corrected chi connectivity index (χ1v) is 14.7. The summed E-state index contributed by atoms with van der Waals surface area (Å²) in [6, 6.07) is 3.29. The smallest absolute Gasteiger partial charge is 0.348 e. The predicted octanol–water partition coefficient (Wildman–Crippen LogP) is -1.90. The lowest BCUT2D eigenvalue weighted by molar-refractivity contribution is -0.187. The largest absolute Gasteiger partial charge is 0.493 e. The summed E-state index contributed by atoms with van der Waals surface area (Å²) in [6.07, 6.45) is -11.2. The van der Waals surface area contributed by atoms with Crippen molar-refractivity contribution < 1.29 is 83.1 Å². The molecule has 0 radical (unpaired) electrons. The quantitative estimate of drug-likeness (QED) is 0.0980. The van der Waals surface area contributed by atoms with Crippen molar-refractivity contribution in [2.45, 2.75) is 79.7 Å². The molecular formula is C30H33NO17. The number of carboxylic acid groups (broad SMARTS) is 3. The van der Waals surface area contributed by atoms with Gasteiger partial charge in [-0.15, -0.1) is 0 Å². The molecule has 8 atom stereocenters. The Hall–Kier alpha value is -4.78. The number of carbonyl (C=O) groups is 6. The number of ether oxygens (including phenoxy) is 5. The van der Waals surface area contributed by atoms with Crippen molar-refractivity contribution in [1.29, 1.82) is 0 Å². The maximum atomic E-state index is 13.3. The fraction of sp³-hybridized carbons (Fsp3) is 0.533. The molecule has 1 saturated heterocycles. The number of carboxylic acids is 3. The number of aliphatic hydroxyl groups excluding tert-OH is 2. The zero-order valence-electron chi connectivity index (χ0n) is 25.6. The van der Waals surface area contributed by atoms with E-state index in [2.05, 4.69) is 4.74 Å². The van der Waals surface area contributed by atoms with Crippen molar-refractivity contribution in [3.8, 4) is 11.5 Å². The van der Waals surface area contributed by atoms with Crippen molar-refractivity contribution in [2.75, 3.05) is 20.7 Å². The van der Waals surface area contributed by atoms with Gasteiger partial charge >= 0.3 is 35.8 Å². The van der Waals surface area contributed by atoms with E-state index in [0.29, 0.717) is 30.9 Å². The Balaban J connectivity index is 1.43. The zero-order chi connectivity index (χ0) is 35.3. The lowest BCUT2D eigenvalue weighted by atomic mass is 9.50. The minimum absolute atomic E-state index is 0.0236. The Labute approximate surface area is 271 Å². The summed E-state index contributed by atoms with van der Waals surface area (Å²) in [6.45, 7) is 0.555. The van der Waals surface area contributed by atoms with Crippen molar-refractivity contribution >= 4 is 35.8 Å². The van der Waals surface area contributed by atoms with Crippen LogP contribution in [0.4, 0.5) is 0 Å². The predicted molar refractivity (Wildman–Crippen MR) is 151 cm³/mol. The Morgan fingerprint density at radius 2 is 1.67 bits per heavy atom. The van der Waals surface area contributed by atoms with E-state index in [1.54, 1.807) is 6.07 Å². The van der Waals surface area contributed by atoms with Gasteiger partial charge in [0.25, 0.3) is 0 Å². The van der Waals surface area contributed by atoms with Gasteiger partial charge in [0.15, 0.2) is 29.8 Å². The highest BCUT2D eigenvalue weighted by atomic mass is 16.6. The first-order chi connectivity index (χ1) is 22.5. The molecule has 1 fully saturated rings. The third-order valence-electron chi connectivity index (χ3n) is 9.35. The van der Waals surface area contributed by atoms with Crippen molar-refractivity contribution in [2.24, 2.45) is 0 Å². The van der Waals surface area contributed by atoms with Gasteiger partial charge in [0, 0.05) is 18.0 Å². The SMILES string of the molecule is COc1ccc2c3c1O[C@@H]1C(OC(=O)C[C@H](OC(=O)[C@H](O)[C@@H](O)C(=O)O)C(=O)O[C@@H](CC(=O)O)C(=O)O)=CC[C@]4(O)[C@H](C2)N(C)CC[C@@]314. The molecule has 1 spiro atoms. The first kappa shape index (κ1) is 34.6. The molecule has 0 saturated carbocycles. The second-order valence-corrected chi connectivity index (χ2v) is 12.0. The molecule has 5 rings (SSSR count). The molecule has 260 valence electrons. The zero-order valence-corrected chi connectivity index (χ0v) is 25.6. The Morgan fingerprint density at radius 1 is 0.979 bits per heavy atom. The fourth-order valence-corrected chi connectivity index (χ4v) is 7.11. The summed E-state index contributed by atoms with van der Waals surface area (Å²) in [5, 5.41) is 58.8. The number of carbonyl (C=O) groups excluding carboxylic acids is 3. The molecule has 18 nitrogen and oxygen atoms in total. The van der Waals surface area contributed by atoms with Crippen LogP contribution in [0.5, 0.6) is 11.5 Å². The maximum absolute atomic E-state index is 13.3. The molecule has 2 aliphatic carbocycles. The molecule has 0 unspecified atom stereocenters. The van der Waals surface area contributed by atoms with Gasteiger partial charge in [0.1, 0.15) is 5.76 Å². The van der Waals surface area contributed by atoms with E-state index in [1.165, 1.54) is 13.2 Å². The molecule has 0 amide bonds. The second kappa shape index (κ2) is 12.7. The van der Waals surface area contributed by atoms with E-state index in [-0.39, 0.29) is 18.2 Å². The minimum atomic E-state index is -2.75. The summed E-state index contributed by atoms with van der Waals surface area (Å²) < 4.78 is 26.9. The summed E-state index contributed by atoms with van der Waals surface area (Å²) in [7, 11) is 3.34. The number of aliphatic hydroxyl groups is 3. The van der Waals surface area contributed by atoms with Gasteiger partial charge in [-0.25, -0.2) is 19.2 Å². The highest BCUT2D eigenvalue weighted by molar-refractivity contribution is 5.90. The van der Waals surface area contributed by atoms with Crippen LogP contribution >= 0.6 is 0 Å². The second-order valence-electron chi connectivity index (χ2n) is 12.0. The third kappa shape index (κ3) is 5.59. The fourth-order valence-electron chi connectivity index (χ4n) is 7.11. The van der Waals surface area contributed by atoms with Crippen molar-refractivity contribution in [3.05, 3.63) is 35.1 Å². The highest BCUT2D eigenvalue weighted by Gasteiger charge is 2.72. The van der Waals surface area contributed by atoms with Crippen LogP contribution in [0, 0.1) is 0 Å². The lowest BCUT2D eigenvalue weighted by Crippen LogP contribution is -2.74. The molecule has 2 bridgehead atoms. The van der Waals surface area contributed by atoms with E-state index >= 15 is 0 Å². The van der Waals surface area contributed by atoms with Crippen LogP contribution < -0.4 is 9.47 Å². The number of likely N-dealkylation sites (N-methyl/N-ethyl adjacent to an activating group) is 1. The summed E-state index contributed by atoms with van der Waals surface area (Å²) in [5.41, 5.74) is -0.808. The normalized spacial score (nSPS) is 27.5. The Kier molecular flexibility index (Phi) is 9.13. The standard InChI is InChI=1S/C30H33NO17/c1-31-8-7-29-20-12-3-4-13(44-2)23(20)48-24(29)14(5-6-30(29,43)17(31)9-12)45-19(34)11-16(47-28(42)22(36)21(35)26(39)40)27(41)46-15(25(37)38)10-18(32)33/h3-5,15-17,21-22,24,35-36,43H,6-11H2,1-2H3,(H,32,33)(H,37,38)(H,39,40)/t15-,16-,17-,21+,22+,24+,29+,30-/m0/s1. The molecular weight excluding hydrogens is 646 g/mol. The number of hydrogen-bond acceptors (Lipinski definition) is 15. The van der Waals surface area contributed by atoms with Crippen LogP contribution in [0.2, 0.25) is 0 Å². The molecule has 4 aliphatic rings. The topological polar surface area (TPSA) is 273 Å². The monoisotopic (exact) mass is 679 g/mol. The average Bonchev–Trinajstić information content (AvgIpc) is 3.38. The van der Waals surface area contributed by atoms with Gasteiger partial charge in [-0.3, -0.25) is 9.59 Å². The van der Waals surface area contributed by atoms with Gasteiger partial charge in [-0.1, -0.05) is 6.07 Å². The molecule has 6 N–H and O–H groups in total. The van der Waals surface area contributed by atoms with Crippen LogP contribution in [0.3, 0.4) is 0 Å². The van der Waals surface area contributed by atoms with Crippen LogP contribution in [0.1, 0.15) is 36.8 Å². The first-order valence-electron chi connectivity index (χ1n) is 14.7. The molecule has 0 aromatic heterocycles. The molecule has 1 aromatic carbocycles. The van der Waals surface area contributed by atoms with Crippen molar-refractivity contribution in [3.63, 3.8) is 0 Å². The number of piperidine rings is 1. The van der Waals surface area contributed by atoms with Crippen molar-refractivity contribution in [1.82, 2.24) is 4.90 Å². The number of esters is 3. The van der Waals surface area contributed by atoms with E-state index in [0.717, 1.165) is 11.1 Å². The van der Waals surface area contributed by atoms with Gasteiger partial charge in [0.05, 0.1) is 31.0 Å². The number of hydrogen-bond donors (Lipinski definition) is 6. The summed E-state index contributed by atoms with van der Waals surface area (Å²) in [4.78, 5) is 74.3. The van der Waals surface area contributed by atoms with E-state index in [1.807, 2.05) is 18.0 Å². The Bertz CT molecular complexity index is 1590. The van der Waals surface area contributed by atoms with Gasteiger partial charge in [0.2, 0.25) is 12.2 Å². The van der Waals surface area contributed by atoms with Crippen LogP contribution in [0.25, 0.3) is 0 Å². The number of nitrogens with zero attached hydrogens (tertiary/aromatic N) is 1. The molecule has 2 heterocycles. The maximum Gasteiger partial charge on any atom is 0.348 e. The number of likely N-dealkylation sites (tertiary alicyclic amines) is 1. The number of benzene rings is 1. The van der Waals surface area contributed by atoms with E-state index < -0.39 is 90.2 Å². The van der Waals surface area contributed by atoms with E-state index in [9.17, 15) is 49.2 Å². The molecule has 2 aliphatic heterocycles. The molecule has 1 aromatic rings. The average molecular weight is 680 g/mol. The van der Waals surface area contributed by atoms with Crippen LogP contribution in [-0.2, 0) is 54.8 Å².